The van der Waals surface area contributed by atoms with E-state index in [9.17, 15) is 0 Å². The molecule has 0 fully saturated rings. The van der Waals surface area contributed by atoms with Crippen LogP contribution in [0.25, 0.3) is 77.8 Å². The Balaban J connectivity index is 1.41. The van der Waals surface area contributed by atoms with Crippen LogP contribution in [-0.4, -0.2) is 15.0 Å². The van der Waals surface area contributed by atoms with Gasteiger partial charge < -0.3 is 0 Å². The topological polar surface area (TPSA) is 38.7 Å². The third-order valence-corrected chi connectivity index (χ3v) is 8.34. The van der Waals surface area contributed by atoms with E-state index in [2.05, 4.69) is 122 Å². The number of aryl methyl sites for hydroxylation is 1. The number of fused-ring (bicyclic) bond motifs is 3. The Morgan fingerprint density at radius 1 is 0.400 bits per heavy atom. The van der Waals surface area contributed by atoms with Gasteiger partial charge in [-0.15, -0.1) is 0 Å². The van der Waals surface area contributed by atoms with Gasteiger partial charge in [-0.3, -0.25) is 4.98 Å². The number of rotatable bonds is 5. The average Bonchev–Trinajstić information content (AvgIpc) is 3.12. The third-order valence-electron chi connectivity index (χ3n) is 8.34. The predicted octanol–water partition coefficient (Wildman–Crippen LogP) is 10.8. The number of hydrogen-bond acceptors (Lipinski definition) is 3. The lowest BCUT2D eigenvalue weighted by atomic mass is 9.91. The molecule has 212 valence electrons. The molecule has 3 nitrogen and oxygen atoms in total. The monoisotopic (exact) mass is 575 g/mol. The summed E-state index contributed by atoms with van der Waals surface area (Å²) in [5.74, 6) is 0.676. The van der Waals surface area contributed by atoms with E-state index in [4.69, 9.17) is 15.0 Å². The van der Waals surface area contributed by atoms with Crippen molar-refractivity contribution in [2.45, 2.75) is 6.92 Å². The van der Waals surface area contributed by atoms with Gasteiger partial charge in [-0.2, -0.15) is 0 Å². The maximum Gasteiger partial charge on any atom is 0.160 e. The standard InChI is InChI=1S/C42H29N3/c1-28-20-21-39(43-27-28)33-22-32(38-25-31-16-8-9-17-35(31)36-18-10-11-19-37(36)38)23-34(24-33)42-44-40(29-12-4-2-5-13-29)26-41(45-42)30-14-6-3-7-15-30/h2-27H,1H3. The van der Waals surface area contributed by atoms with Gasteiger partial charge in [0.2, 0.25) is 0 Å². The molecule has 2 heterocycles. The summed E-state index contributed by atoms with van der Waals surface area (Å²) in [5, 5.41) is 4.90. The van der Waals surface area contributed by atoms with E-state index in [1.807, 2.05) is 42.6 Å². The van der Waals surface area contributed by atoms with Crippen molar-refractivity contribution >= 4 is 21.5 Å². The van der Waals surface area contributed by atoms with E-state index in [-0.39, 0.29) is 0 Å². The van der Waals surface area contributed by atoms with Crippen LogP contribution in [0.3, 0.4) is 0 Å². The van der Waals surface area contributed by atoms with E-state index in [0.29, 0.717) is 5.82 Å². The number of pyridine rings is 1. The van der Waals surface area contributed by atoms with E-state index in [1.165, 1.54) is 27.1 Å². The molecule has 0 radical (unpaired) electrons. The minimum Gasteiger partial charge on any atom is -0.256 e. The van der Waals surface area contributed by atoms with Crippen LogP contribution in [0.1, 0.15) is 5.56 Å². The fraction of sp³-hybridized carbons (Fsp3) is 0.0238. The number of nitrogens with zero attached hydrogens (tertiary/aromatic N) is 3. The SMILES string of the molecule is Cc1ccc(-c2cc(-c3nc(-c4ccccc4)cc(-c4ccccc4)n3)cc(-c3cc4ccccc4c4ccccc34)c2)nc1. The van der Waals surface area contributed by atoms with Crippen molar-refractivity contribution in [2.24, 2.45) is 0 Å². The highest BCUT2D eigenvalue weighted by Crippen LogP contribution is 2.39. The van der Waals surface area contributed by atoms with Crippen LogP contribution in [0.2, 0.25) is 0 Å². The first kappa shape index (κ1) is 26.7. The molecule has 8 rings (SSSR count). The first-order valence-electron chi connectivity index (χ1n) is 15.2. The molecule has 0 saturated carbocycles. The zero-order chi connectivity index (χ0) is 30.2. The molecule has 0 aliphatic carbocycles. The molecule has 0 N–H and O–H groups in total. The molecule has 2 aromatic heterocycles. The normalized spacial score (nSPS) is 11.2. The fourth-order valence-corrected chi connectivity index (χ4v) is 6.08. The van der Waals surface area contributed by atoms with E-state index >= 15 is 0 Å². The Labute approximate surface area is 262 Å². The van der Waals surface area contributed by atoms with Gasteiger partial charge in [-0.1, -0.05) is 115 Å². The lowest BCUT2D eigenvalue weighted by Crippen LogP contribution is -1.97. The highest BCUT2D eigenvalue weighted by atomic mass is 14.9. The second-order valence-corrected chi connectivity index (χ2v) is 11.4. The van der Waals surface area contributed by atoms with Gasteiger partial charge in [0.1, 0.15) is 0 Å². The molecule has 0 unspecified atom stereocenters. The maximum absolute atomic E-state index is 5.16. The highest BCUT2D eigenvalue weighted by Gasteiger charge is 2.16. The van der Waals surface area contributed by atoms with Gasteiger partial charge in [-0.25, -0.2) is 9.97 Å². The van der Waals surface area contributed by atoms with Crippen LogP contribution in [-0.2, 0) is 0 Å². The van der Waals surface area contributed by atoms with Crippen LogP contribution in [0.15, 0.2) is 158 Å². The van der Waals surface area contributed by atoms with Crippen molar-refractivity contribution in [3.63, 3.8) is 0 Å². The van der Waals surface area contributed by atoms with Crippen molar-refractivity contribution < 1.29 is 0 Å². The Kier molecular flexibility index (Phi) is 6.69. The zero-order valence-electron chi connectivity index (χ0n) is 24.9. The first-order valence-corrected chi connectivity index (χ1v) is 15.2. The van der Waals surface area contributed by atoms with Gasteiger partial charge >= 0.3 is 0 Å². The second-order valence-electron chi connectivity index (χ2n) is 11.4. The Morgan fingerprint density at radius 2 is 0.978 bits per heavy atom. The van der Waals surface area contributed by atoms with Crippen LogP contribution >= 0.6 is 0 Å². The van der Waals surface area contributed by atoms with E-state index in [0.717, 1.165) is 50.5 Å². The van der Waals surface area contributed by atoms with Crippen molar-refractivity contribution in [1.82, 2.24) is 15.0 Å². The summed E-state index contributed by atoms with van der Waals surface area (Å²) < 4.78 is 0. The Morgan fingerprint density at radius 3 is 1.64 bits per heavy atom. The van der Waals surface area contributed by atoms with Gasteiger partial charge in [0.15, 0.2) is 5.82 Å². The van der Waals surface area contributed by atoms with Gasteiger partial charge in [0, 0.05) is 28.5 Å². The average molecular weight is 576 g/mol. The molecule has 0 aliphatic rings. The lowest BCUT2D eigenvalue weighted by Gasteiger charge is -2.15. The summed E-state index contributed by atoms with van der Waals surface area (Å²) in [4.78, 5) is 15.1. The summed E-state index contributed by atoms with van der Waals surface area (Å²) in [6, 6.07) is 53.1. The molecule has 0 atom stereocenters. The first-order chi connectivity index (χ1) is 22.2. The van der Waals surface area contributed by atoms with Crippen molar-refractivity contribution in [3.05, 3.63) is 163 Å². The van der Waals surface area contributed by atoms with Crippen LogP contribution in [0.5, 0.6) is 0 Å². The molecule has 0 spiro atoms. The maximum atomic E-state index is 5.16. The van der Waals surface area contributed by atoms with Crippen molar-refractivity contribution in [1.29, 1.82) is 0 Å². The smallest absolute Gasteiger partial charge is 0.160 e. The number of hydrogen-bond donors (Lipinski definition) is 0. The van der Waals surface area contributed by atoms with E-state index < -0.39 is 0 Å². The minimum absolute atomic E-state index is 0.676. The Hall–Kier alpha value is -5.93. The summed E-state index contributed by atoms with van der Waals surface area (Å²) in [7, 11) is 0. The van der Waals surface area contributed by atoms with Crippen molar-refractivity contribution in [3.8, 4) is 56.3 Å². The lowest BCUT2D eigenvalue weighted by molar-refractivity contribution is 1.18. The quantitative estimate of drug-likeness (QED) is 0.192. The molecule has 0 saturated heterocycles. The zero-order valence-corrected chi connectivity index (χ0v) is 24.9. The van der Waals surface area contributed by atoms with Crippen LogP contribution in [0, 0.1) is 6.92 Å². The molecule has 45 heavy (non-hydrogen) atoms. The molecule has 0 aliphatic heterocycles. The Bertz CT molecular complexity index is 2250. The molecule has 0 bridgehead atoms. The van der Waals surface area contributed by atoms with Crippen LogP contribution < -0.4 is 0 Å². The molecule has 0 amide bonds. The van der Waals surface area contributed by atoms with Crippen LogP contribution in [0.4, 0.5) is 0 Å². The number of aromatic nitrogens is 3. The molecule has 8 aromatic rings. The second kappa shape index (κ2) is 11.3. The van der Waals surface area contributed by atoms with Gasteiger partial charge in [0.25, 0.3) is 0 Å². The summed E-state index contributed by atoms with van der Waals surface area (Å²) in [6.45, 7) is 2.06. The summed E-state index contributed by atoms with van der Waals surface area (Å²) >= 11 is 0. The summed E-state index contributed by atoms with van der Waals surface area (Å²) in [6.07, 6.45) is 1.92. The highest BCUT2D eigenvalue weighted by molar-refractivity contribution is 6.14. The molecule has 3 heteroatoms. The predicted molar refractivity (Wildman–Crippen MR) is 187 cm³/mol. The summed E-state index contributed by atoms with van der Waals surface area (Å²) in [5.41, 5.74) is 10.1. The third kappa shape index (κ3) is 5.15. The molecular formula is C42H29N3. The van der Waals surface area contributed by atoms with Gasteiger partial charge in [0.05, 0.1) is 17.1 Å². The minimum atomic E-state index is 0.676. The number of benzene rings is 6. The molecule has 6 aromatic carbocycles. The fourth-order valence-electron chi connectivity index (χ4n) is 6.08. The molecular weight excluding hydrogens is 546 g/mol. The van der Waals surface area contributed by atoms with Crippen molar-refractivity contribution in [2.75, 3.05) is 0 Å². The van der Waals surface area contributed by atoms with E-state index in [1.54, 1.807) is 0 Å². The largest absolute Gasteiger partial charge is 0.256 e. The van der Waals surface area contributed by atoms with Gasteiger partial charge in [-0.05, 0) is 81.6 Å².